The van der Waals surface area contributed by atoms with Crippen LogP contribution < -0.4 is 5.32 Å². The molecule has 0 aromatic heterocycles. The summed E-state index contributed by atoms with van der Waals surface area (Å²) < 4.78 is 0. The van der Waals surface area contributed by atoms with Crippen molar-refractivity contribution in [3.8, 4) is 0 Å². The third-order valence-electron chi connectivity index (χ3n) is 1.39. The van der Waals surface area contributed by atoms with Crippen molar-refractivity contribution < 1.29 is 4.79 Å². The fourth-order valence-corrected chi connectivity index (χ4v) is 0.822. The molecule has 1 saturated heterocycles. The summed E-state index contributed by atoms with van der Waals surface area (Å²) in [7, 11) is 0. The van der Waals surface area contributed by atoms with Crippen LogP contribution in [0.5, 0.6) is 0 Å². The Kier molecular flexibility index (Phi) is 1.39. The molecule has 1 N–H and O–H groups in total. The molecule has 48 valence electrons. The van der Waals surface area contributed by atoms with Crippen LogP contribution in [0.15, 0.2) is 24.8 Å². The molecule has 0 aromatic rings. The van der Waals surface area contributed by atoms with E-state index in [-0.39, 0.29) is 11.9 Å². The molecule has 1 aliphatic heterocycles. The van der Waals surface area contributed by atoms with E-state index in [4.69, 9.17) is 0 Å². The second-order valence-electron chi connectivity index (χ2n) is 2.12. The molecule has 1 amide bonds. The number of hydrogen-bond acceptors (Lipinski definition) is 1. The average Bonchev–Trinajstić information content (AvgIpc) is 2.13. The third-order valence-corrected chi connectivity index (χ3v) is 1.39. The fourth-order valence-electron chi connectivity index (χ4n) is 0.822. The number of carbonyl (C=O) groups excluding carboxylic acids is 1. The van der Waals surface area contributed by atoms with Crippen molar-refractivity contribution in [2.24, 2.45) is 0 Å². The summed E-state index contributed by atoms with van der Waals surface area (Å²) in [6.07, 6.45) is 2.43. The Morgan fingerprint density at radius 2 is 2.44 bits per heavy atom. The van der Waals surface area contributed by atoms with E-state index in [0.717, 1.165) is 0 Å². The molecule has 0 spiro atoms. The first-order valence-corrected chi connectivity index (χ1v) is 2.85. The van der Waals surface area contributed by atoms with E-state index < -0.39 is 0 Å². The van der Waals surface area contributed by atoms with Gasteiger partial charge < -0.3 is 5.32 Å². The zero-order valence-corrected chi connectivity index (χ0v) is 5.18. The first kappa shape index (κ1) is 6.08. The molecular weight excluding hydrogens is 114 g/mol. The van der Waals surface area contributed by atoms with Gasteiger partial charge in [-0.05, 0) is 0 Å². The van der Waals surface area contributed by atoms with E-state index in [1.165, 1.54) is 0 Å². The number of rotatable bonds is 1. The maximum atomic E-state index is 10.7. The summed E-state index contributed by atoms with van der Waals surface area (Å²) in [6.45, 7) is 7.13. The zero-order chi connectivity index (χ0) is 6.85. The van der Waals surface area contributed by atoms with Gasteiger partial charge in [-0.25, -0.2) is 0 Å². The SMILES string of the molecule is C=C[C@H]1CC(=C)C(=O)N1. The van der Waals surface area contributed by atoms with Crippen LogP contribution in [-0.2, 0) is 4.79 Å². The lowest BCUT2D eigenvalue weighted by Crippen LogP contribution is -2.22. The van der Waals surface area contributed by atoms with Crippen molar-refractivity contribution in [2.75, 3.05) is 0 Å². The highest BCUT2D eigenvalue weighted by molar-refractivity contribution is 5.95. The van der Waals surface area contributed by atoms with Crippen LogP contribution in [0.3, 0.4) is 0 Å². The molecule has 0 aliphatic carbocycles. The zero-order valence-electron chi connectivity index (χ0n) is 5.18. The van der Waals surface area contributed by atoms with Crippen LogP contribution in [0.25, 0.3) is 0 Å². The van der Waals surface area contributed by atoms with Gasteiger partial charge in [0.2, 0.25) is 5.91 Å². The Hall–Kier alpha value is -1.05. The molecule has 1 heterocycles. The van der Waals surface area contributed by atoms with Gasteiger partial charge >= 0.3 is 0 Å². The molecule has 1 fully saturated rings. The Morgan fingerprint density at radius 3 is 2.67 bits per heavy atom. The normalized spacial score (nSPS) is 26.0. The molecule has 1 aliphatic rings. The van der Waals surface area contributed by atoms with Crippen molar-refractivity contribution in [3.05, 3.63) is 24.8 Å². The molecule has 0 radical (unpaired) electrons. The number of carbonyl (C=O) groups is 1. The van der Waals surface area contributed by atoms with E-state index in [9.17, 15) is 4.79 Å². The average molecular weight is 123 g/mol. The highest BCUT2D eigenvalue weighted by Gasteiger charge is 2.21. The predicted molar refractivity (Wildman–Crippen MR) is 35.9 cm³/mol. The van der Waals surface area contributed by atoms with Gasteiger partial charge in [0.1, 0.15) is 0 Å². The monoisotopic (exact) mass is 123 g/mol. The summed E-state index contributed by atoms with van der Waals surface area (Å²) in [5.74, 6) is -0.0418. The first-order chi connectivity index (χ1) is 4.24. The molecule has 0 unspecified atom stereocenters. The van der Waals surface area contributed by atoms with E-state index in [1.54, 1.807) is 6.08 Å². The Morgan fingerprint density at radius 1 is 1.78 bits per heavy atom. The van der Waals surface area contributed by atoms with E-state index in [2.05, 4.69) is 18.5 Å². The number of nitrogens with one attached hydrogen (secondary N) is 1. The summed E-state index contributed by atoms with van der Waals surface area (Å²) >= 11 is 0. The number of amides is 1. The Labute approximate surface area is 54.3 Å². The first-order valence-electron chi connectivity index (χ1n) is 2.85. The van der Waals surface area contributed by atoms with Gasteiger partial charge in [-0.2, -0.15) is 0 Å². The Balaban J connectivity index is 2.64. The maximum absolute atomic E-state index is 10.7. The lowest BCUT2D eigenvalue weighted by Gasteiger charge is -1.97. The van der Waals surface area contributed by atoms with Gasteiger partial charge in [0, 0.05) is 12.0 Å². The molecule has 1 rings (SSSR count). The van der Waals surface area contributed by atoms with Crippen LogP contribution in [0.4, 0.5) is 0 Å². The van der Waals surface area contributed by atoms with Crippen LogP contribution >= 0.6 is 0 Å². The lowest BCUT2D eigenvalue weighted by atomic mass is 10.2. The van der Waals surface area contributed by atoms with Gasteiger partial charge in [0.05, 0.1) is 6.04 Å². The quantitative estimate of drug-likeness (QED) is 0.402. The van der Waals surface area contributed by atoms with Gasteiger partial charge in [-0.1, -0.05) is 12.7 Å². The van der Waals surface area contributed by atoms with Crippen LogP contribution in [-0.4, -0.2) is 11.9 Å². The van der Waals surface area contributed by atoms with Crippen LogP contribution in [0.1, 0.15) is 6.42 Å². The minimum absolute atomic E-state index is 0.0418. The number of hydrogen-bond donors (Lipinski definition) is 1. The van der Waals surface area contributed by atoms with Gasteiger partial charge in [-0.3, -0.25) is 4.79 Å². The summed E-state index contributed by atoms with van der Waals surface area (Å²) in [4.78, 5) is 10.7. The van der Waals surface area contributed by atoms with Gasteiger partial charge in [0.15, 0.2) is 0 Å². The highest BCUT2D eigenvalue weighted by atomic mass is 16.2. The van der Waals surface area contributed by atoms with Crippen LogP contribution in [0, 0.1) is 0 Å². The minimum atomic E-state index is -0.0418. The van der Waals surface area contributed by atoms with Crippen molar-refractivity contribution in [3.63, 3.8) is 0 Å². The van der Waals surface area contributed by atoms with Gasteiger partial charge in [-0.15, -0.1) is 6.58 Å². The van der Waals surface area contributed by atoms with Crippen molar-refractivity contribution in [1.82, 2.24) is 5.32 Å². The second kappa shape index (κ2) is 2.05. The third kappa shape index (κ3) is 1.02. The highest BCUT2D eigenvalue weighted by Crippen LogP contribution is 2.11. The topological polar surface area (TPSA) is 29.1 Å². The fraction of sp³-hybridized carbons (Fsp3) is 0.286. The molecule has 1 atom stereocenters. The minimum Gasteiger partial charge on any atom is -0.346 e. The molecule has 0 bridgehead atoms. The molecular formula is C7H9NO. The molecule has 9 heavy (non-hydrogen) atoms. The van der Waals surface area contributed by atoms with Gasteiger partial charge in [0.25, 0.3) is 0 Å². The van der Waals surface area contributed by atoms with E-state index in [1.807, 2.05) is 0 Å². The summed E-state index contributed by atoms with van der Waals surface area (Å²) in [6, 6.07) is 0.116. The largest absolute Gasteiger partial charge is 0.346 e. The standard InChI is InChI=1S/C7H9NO/c1-3-6-4-5(2)7(9)8-6/h3,6H,1-2,4H2,(H,8,9)/t6-/m0/s1. The maximum Gasteiger partial charge on any atom is 0.247 e. The lowest BCUT2D eigenvalue weighted by molar-refractivity contribution is -0.116. The van der Waals surface area contributed by atoms with Crippen LogP contribution in [0.2, 0.25) is 0 Å². The predicted octanol–water partition coefficient (Wildman–Crippen LogP) is 0.617. The second-order valence-corrected chi connectivity index (χ2v) is 2.12. The summed E-state index contributed by atoms with van der Waals surface area (Å²) in [5, 5.41) is 2.70. The Bertz CT molecular complexity index is 156. The van der Waals surface area contributed by atoms with Crippen molar-refractivity contribution in [1.29, 1.82) is 0 Å². The molecule has 2 heteroatoms. The van der Waals surface area contributed by atoms with E-state index in [0.29, 0.717) is 12.0 Å². The van der Waals surface area contributed by atoms with Crippen molar-refractivity contribution >= 4 is 5.91 Å². The molecule has 0 saturated carbocycles. The van der Waals surface area contributed by atoms with E-state index >= 15 is 0 Å². The molecule has 0 aromatic carbocycles. The molecule has 2 nitrogen and oxygen atoms in total. The smallest absolute Gasteiger partial charge is 0.247 e. The van der Waals surface area contributed by atoms with Crippen molar-refractivity contribution in [2.45, 2.75) is 12.5 Å². The summed E-state index contributed by atoms with van der Waals surface area (Å²) in [5.41, 5.74) is 0.653.